The number of benzene rings is 1. The van der Waals surface area contributed by atoms with Crippen LogP contribution in [-0.2, 0) is 32.1 Å². The number of phenolic OH excluding ortho intramolecular Hbond substituents is 1. The van der Waals surface area contributed by atoms with Gasteiger partial charge in [0, 0.05) is 37.8 Å². The number of ketones is 4. The Labute approximate surface area is 215 Å². The van der Waals surface area contributed by atoms with Crippen molar-refractivity contribution in [1.82, 2.24) is 10.2 Å². The van der Waals surface area contributed by atoms with Crippen LogP contribution in [0.3, 0.4) is 0 Å². The number of likely N-dealkylation sites (N-methyl/N-ethyl adjacent to an activating group) is 1. The van der Waals surface area contributed by atoms with E-state index in [1.165, 1.54) is 4.90 Å². The Kier molecular flexibility index (Phi) is 6.76. The number of hydrogen-bond acceptors (Lipinski definition) is 10. The van der Waals surface area contributed by atoms with Gasteiger partial charge in [0.05, 0.1) is 17.5 Å². The number of hydrogen-bond donors (Lipinski definition) is 4. The average molecular weight is 515 g/mol. The lowest BCUT2D eigenvalue weighted by Gasteiger charge is -2.52. The Morgan fingerprint density at radius 1 is 1.16 bits per heavy atom. The number of rotatable bonds is 6. The minimum atomic E-state index is -2.72. The molecule has 1 aromatic rings. The monoisotopic (exact) mass is 514 g/mol. The second-order valence-electron chi connectivity index (χ2n) is 10.7. The first-order valence-corrected chi connectivity index (χ1v) is 12.4. The molecule has 6 atom stereocenters. The molecule has 1 amide bonds. The van der Waals surface area contributed by atoms with E-state index in [1.807, 2.05) is 25.9 Å². The number of phenols is 1. The topological polar surface area (TPSA) is 170 Å². The number of anilines is 1. The molecule has 5 N–H and O–H groups in total. The van der Waals surface area contributed by atoms with Crippen molar-refractivity contribution in [3.8, 4) is 5.75 Å². The predicted molar refractivity (Wildman–Crippen MR) is 133 cm³/mol. The maximum Gasteiger partial charge on any atom is 0.235 e. The summed E-state index contributed by atoms with van der Waals surface area (Å²) < 4.78 is 0. The summed E-state index contributed by atoms with van der Waals surface area (Å²) in [5.74, 6) is -10.4. The number of aliphatic hydroxyl groups is 1. The van der Waals surface area contributed by atoms with Gasteiger partial charge in [-0.2, -0.15) is 0 Å². The van der Waals surface area contributed by atoms with Gasteiger partial charge in [-0.05, 0) is 51.0 Å². The number of carbonyl (C=O) groups is 5. The Morgan fingerprint density at radius 3 is 2.35 bits per heavy atom. The first-order valence-electron chi connectivity index (χ1n) is 12.4. The molecular formula is C26H34N4O7. The zero-order valence-electron chi connectivity index (χ0n) is 21.7. The highest BCUT2D eigenvalue weighted by atomic mass is 16.3. The number of nitrogens with one attached hydrogen (secondary N) is 1. The van der Waals surface area contributed by atoms with Crippen molar-refractivity contribution >= 4 is 34.7 Å². The smallest absolute Gasteiger partial charge is 0.235 e. The van der Waals surface area contributed by atoms with Crippen LogP contribution in [0.4, 0.5) is 5.69 Å². The molecule has 11 nitrogen and oxygen atoms in total. The highest BCUT2D eigenvalue weighted by molar-refractivity contribution is 6.32. The number of nitrogens with two attached hydrogens (primary N) is 1. The van der Waals surface area contributed by atoms with E-state index in [0.29, 0.717) is 24.2 Å². The maximum absolute atomic E-state index is 13.9. The number of primary amides is 1. The summed E-state index contributed by atoms with van der Waals surface area (Å²) in [4.78, 5) is 69.7. The predicted octanol–water partition coefficient (Wildman–Crippen LogP) is -0.957. The third-order valence-corrected chi connectivity index (χ3v) is 8.16. The first-order chi connectivity index (χ1) is 17.3. The van der Waals surface area contributed by atoms with Crippen LogP contribution in [-0.4, -0.2) is 90.5 Å². The van der Waals surface area contributed by atoms with Crippen molar-refractivity contribution in [2.75, 3.05) is 39.6 Å². The summed E-state index contributed by atoms with van der Waals surface area (Å²) in [7, 11) is 6.75. The fourth-order valence-electron chi connectivity index (χ4n) is 6.50. The van der Waals surface area contributed by atoms with Gasteiger partial charge < -0.3 is 26.2 Å². The van der Waals surface area contributed by atoms with Crippen LogP contribution in [0.15, 0.2) is 6.07 Å². The normalized spacial score (nSPS) is 31.2. The molecule has 200 valence electrons. The first kappa shape index (κ1) is 26.9. The molecular weight excluding hydrogens is 480 g/mol. The van der Waals surface area contributed by atoms with Crippen LogP contribution in [0.2, 0.25) is 0 Å². The molecule has 0 aromatic heterocycles. The molecule has 0 heterocycles. The number of carbonyl (C=O) groups excluding carboxylic acids is 5. The quantitative estimate of drug-likeness (QED) is 0.347. The summed E-state index contributed by atoms with van der Waals surface area (Å²) >= 11 is 0. The molecule has 0 bridgehead atoms. The van der Waals surface area contributed by atoms with Gasteiger partial charge in [0.15, 0.2) is 34.7 Å². The Bertz CT molecular complexity index is 1210. The summed E-state index contributed by atoms with van der Waals surface area (Å²) in [6.45, 7) is 2.83. The van der Waals surface area contributed by atoms with E-state index < -0.39 is 64.4 Å². The van der Waals surface area contributed by atoms with Gasteiger partial charge in [-0.15, -0.1) is 0 Å². The number of nitrogens with zero attached hydrogens (tertiary/aromatic N) is 2. The number of fused-ring (bicyclic) bond motifs is 3. The molecule has 0 radical (unpaired) electrons. The molecule has 37 heavy (non-hydrogen) atoms. The Balaban J connectivity index is 1.88. The molecule has 2 unspecified atom stereocenters. The van der Waals surface area contributed by atoms with Crippen molar-refractivity contribution in [3.63, 3.8) is 0 Å². The fourth-order valence-corrected chi connectivity index (χ4v) is 6.50. The summed E-state index contributed by atoms with van der Waals surface area (Å²) in [5.41, 5.74) is 4.41. The van der Waals surface area contributed by atoms with Gasteiger partial charge in [-0.1, -0.05) is 6.92 Å². The standard InChI is InChI=1S/C26H34N4O7/c1-6-28-10-12-9-15(29(2)3)13-7-11-8-14-19(30(4)5)22(33)18(25(27)36)24(35)26(14,37)23(34)16(11)21(32)17(13)20(12)31/h9,11,14,16,18-19,28,31,37H,6-8,10H2,1-5H3,(H2,27,36)/t11-,14-,16?,18?,19-,26-/m0/s1. The van der Waals surface area contributed by atoms with Gasteiger partial charge in [-0.25, -0.2) is 0 Å². The number of aromatic hydroxyl groups is 1. The van der Waals surface area contributed by atoms with E-state index in [9.17, 15) is 34.2 Å². The maximum atomic E-state index is 13.9. The lowest BCUT2D eigenvalue weighted by atomic mass is 9.52. The molecule has 1 aromatic carbocycles. The molecule has 0 saturated heterocycles. The zero-order chi connectivity index (χ0) is 27.6. The van der Waals surface area contributed by atoms with E-state index in [4.69, 9.17) is 5.73 Å². The van der Waals surface area contributed by atoms with Gasteiger partial charge in [0.1, 0.15) is 5.75 Å². The minimum absolute atomic E-state index is 0.00528. The molecule has 4 rings (SSSR count). The lowest BCUT2D eigenvalue weighted by Crippen LogP contribution is -2.74. The highest BCUT2D eigenvalue weighted by Crippen LogP contribution is 2.52. The van der Waals surface area contributed by atoms with Gasteiger partial charge in [-0.3, -0.25) is 28.9 Å². The third kappa shape index (κ3) is 3.79. The van der Waals surface area contributed by atoms with E-state index in [0.717, 1.165) is 5.69 Å². The van der Waals surface area contributed by atoms with E-state index >= 15 is 0 Å². The van der Waals surface area contributed by atoms with Gasteiger partial charge in [0.25, 0.3) is 0 Å². The fraction of sp³-hybridized carbons (Fsp3) is 0.577. The molecule has 11 heteroatoms. The minimum Gasteiger partial charge on any atom is -0.507 e. The van der Waals surface area contributed by atoms with Crippen molar-refractivity contribution in [1.29, 1.82) is 0 Å². The molecule has 3 aliphatic carbocycles. The van der Waals surface area contributed by atoms with Crippen molar-refractivity contribution in [2.45, 2.75) is 38.0 Å². The van der Waals surface area contributed by atoms with Crippen LogP contribution in [0.25, 0.3) is 0 Å². The number of amides is 1. The van der Waals surface area contributed by atoms with Gasteiger partial charge >= 0.3 is 0 Å². The molecule has 3 aliphatic rings. The van der Waals surface area contributed by atoms with Crippen LogP contribution >= 0.6 is 0 Å². The van der Waals surface area contributed by atoms with Crippen LogP contribution < -0.4 is 16.0 Å². The van der Waals surface area contributed by atoms with E-state index in [-0.39, 0.29) is 24.2 Å². The molecule has 0 spiro atoms. The summed E-state index contributed by atoms with van der Waals surface area (Å²) in [5, 5.41) is 25.9. The molecule has 0 aliphatic heterocycles. The lowest BCUT2D eigenvalue weighted by molar-refractivity contribution is -0.181. The average Bonchev–Trinajstić information content (AvgIpc) is 2.80. The Hall–Kier alpha value is -3.15. The van der Waals surface area contributed by atoms with Crippen LogP contribution in [0, 0.1) is 23.7 Å². The van der Waals surface area contributed by atoms with Crippen LogP contribution in [0.5, 0.6) is 5.75 Å². The molecule has 2 saturated carbocycles. The van der Waals surface area contributed by atoms with Crippen LogP contribution in [0.1, 0.15) is 34.8 Å². The second kappa shape index (κ2) is 9.30. The van der Waals surface area contributed by atoms with Crippen molar-refractivity contribution in [2.24, 2.45) is 29.4 Å². The summed E-state index contributed by atoms with van der Waals surface area (Å²) in [6, 6.07) is 0.685. The zero-order valence-corrected chi connectivity index (χ0v) is 21.7. The SMILES string of the molecule is CCNCc1cc(N(C)C)c2c(c1O)C(=O)C1C(=O)[C@]3(O)C(=O)C(C(N)=O)C(=O)[C@@H](N(C)C)[C@@H]3C[C@@H]1C2. The highest BCUT2D eigenvalue weighted by Gasteiger charge is 2.69. The third-order valence-electron chi connectivity index (χ3n) is 8.16. The largest absolute Gasteiger partial charge is 0.507 e. The Morgan fingerprint density at radius 2 is 1.81 bits per heavy atom. The van der Waals surface area contributed by atoms with E-state index in [1.54, 1.807) is 20.2 Å². The van der Waals surface area contributed by atoms with Gasteiger partial charge in [0.2, 0.25) is 5.91 Å². The molecule has 2 fully saturated rings. The van der Waals surface area contributed by atoms with E-state index in [2.05, 4.69) is 5.32 Å². The summed E-state index contributed by atoms with van der Waals surface area (Å²) in [6.07, 6.45) is 0.255. The van der Waals surface area contributed by atoms with Crippen molar-refractivity contribution < 1.29 is 34.2 Å². The second-order valence-corrected chi connectivity index (χ2v) is 10.7. The van der Waals surface area contributed by atoms with Crippen molar-refractivity contribution in [3.05, 3.63) is 22.8 Å². The number of Topliss-reactive ketones (excluding diaryl/α,β-unsaturated/α-hetero) is 4.